The van der Waals surface area contributed by atoms with Gasteiger partial charge in [-0.2, -0.15) is 11.8 Å². The van der Waals surface area contributed by atoms with Gasteiger partial charge in [-0.3, -0.25) is 4.90 Å². The Hall–Kier alpha value is -0.0300. The highest BCUT2D eigenvalue weighted by Gasteiger charge is 2.26. The number of halogens is 1. The lowest BCUT2D eigenvalue weighted by atomic mass is 9.96. The molecule has 2 atom stereocenters. The molecule has 1 heterocycles. The van der Waals surface area contributed by atoms with E-state index in [0.717, 1.165) is 24.0 Å². The van der Waals surface area contributed by atoms with Crippen molar-refractivity contribution in [3.05, 3.63) is 34.3 Å². The van der Waals surface area contributed by atoms with Crippen LogP contribution >= 0.6 is 27.7 Å². The van der Waals surface area contributed by atoms with Gasteiger partial charge in [0.2, 0.25) is 0 Å². The predicted octanol–water partition coefficient (Wildman–Crippen LogP) is 3.28. The van der Waals surface area contributed by atoms with Crippen molar-refractivity contribution >= 4 is 27.7 Å². The molecule has 0 bridgehead atoms. The van der Waals surface area contributed by atoms with Crippen molar-refractivity contribution in [1.29, 1.82) is 0 Å². The number of thioether (sulfide) groups is 1. The van der Waals surface area contributed by atoms with Crippen LogP contribution in [0, 0.1) is 0 Å². The standard InChI is InChI=1S/C14H21BrN2S/c1-2-13(16)14(17-6-8-18-9-7-17)11-4-3-5-12(15)10-11/h3-5,10,13-14H,2,6-9,16H2,1H3. The maximum Gasteiger partial charge on any atom is 0.0500 e. The molecule has 2 unspecified atom stereocenters. The van der Waals surface area contributed by atoms with E-state index in [1.54, 1.807) is 0 Å². The van der Waals surface area contributed by atoms with Gasteiger partial charge in [0.05, 0.1) is 0 Å². The molecule has 1 aromatic carbocycles. The zero-order valence-corrected chi connectivity index (χ0v) is 13.2. The molecule has 2 nitrogen and oxygen atoms in total. The molecular formula is C14H21BrN2S. The van der Waals surface area contributed by atoms with Gasteiger partial charge >= 0.3 is 0 Å². The first-order chi connectivity index (χ1) is 8.72. The van der Waals surface area contributed by atoms with Gasteiger partial charge in [-0.05, 0) is 24.1 Å². The van der Waals surface area contributed by atoms with Gasteiger partial charge in [0.25, 0.3) is 0 Å². The highest BCUT2D eigenvalue weighted by atomic mass is 79.9. The van der Waals surface area contributed by atoms with Crippen LogP contribution in [0.5, 0.6) is 0 Å². The summed E-state index contributed by atoms with van der Waals surface area (Å²) in [5, 5.41) is 0. The normalized spacial score (nSPS) is 20.6. The van der Waals surface area contributed by atoms with E-state index in [9.17, 15) is 0 Å². The van der Waals surface area contributed by atoms with Crippen molar-refractivity contribution in [2.24, 2.45) is 5.73 Å². The molecule has 2 N–H and O–H groups in total. The third-order valence-corrected chi connectivity index (χ3v) is 4.94. The number of nitrogens with zero attached hydrogens (tertiary/aromatic N) is 1. The van der Waals surface area contributed by atoms with Crippen LogP contribution in [0.25, 0.3) is 0 Å². The molecule has 100 valence electrons. The molecule has 1 aliphatic heterocycles. The summed E-state index contributed by atoms with van der Waals surface area (Å²) in [7, 11) is 0. The lowest BCUT2D eigenvalue weighted by molar-refractivity contribution is 0.186. The van der Waals surface area contributed by atoms with Crippen LogP contribution in [0.15, 0.2) is 28.7 Å². The zero-order valence-electron chi connectivity index (χ0n) is 10.8. The Morgan fingerprint density at radius 3 is 2.72 bits per heavy atom. The average molecular weight is 329 g/mol. The van der Waals surface area contributed by atoms with Crippen molar-refractivity contribution in [2.45, 2.75) is 25.4 Å². The van der Waals surface area contributed by atoms with Crippen molar-refractivity contribution in [1.82, 2.24) is 4.90 Å². The summed E-state index contributed by atoms with van der Waals surface area (Å²) in [5.41, 5.74) is 7.70. The Morgan fingerprint density at radius 2 is 2.11 bits per heavy atom. The van der Waals surface area contributed by atoms with Gasteiger partial charge in [-0.1, -0.05) is 35.0 Å². The van der Waals surface area contributed by atoms with Crippen LogP contribution < -0.4 is 5.73 Å². The lowest BCUT2D eigenvalue weighted by Gasteiger charge is -2.37. The molecular weight excluding hydrogens is 308 g/mol. The maximum atomic E-state index is 6.37. The molecule has 0 radical (unpaired) electrons. The van der Waals surface area contributed by atoms with Crippen LogP contribution in [-0.4, -0.2) is 35.5 Å². The Bertz CT molecular complexity index is 380. The Kier molecular flexibility index (Phi) is 5.55. The van der Waals surface area contributed by atoms with Gasteiger partial charge < -0.3 is 5.73 Å². The lowest BCUT2D eigenvalue weighted by Crippen LogP contribution is -2.44. The second-order valence-electron chi connectivity index (χ2n) is 4.72. The smallest absolute Gasteiger partial charge is 0.0500 e. The second kappa shape index (κ2) is 6.94. The fourth-order valence-corrected chi connectivity index (χ4v) is 3.85. The monoisotopic (exact) mass is 328 g/mol. The van der Waals surface area contributed by atoms with Crippen LogP contribution in [0.4, 0.5) is 0 Å². The van der Waals surface area contributed by atoms with Gasteiger partial charge in [0.15, 0.2) is 0 Å². The molecule has 0 saturated carbocycles. The van der Waals surface area contributed by atoms with Crippen LogP contribution in [0.2, 0.25) is 0 Å². The molecule has 0 amide bonds. The Morgan fingerprint density at radius 1 is 1.39 bits per heavy atom. The summed E-state index contributed by atoms with van der Waals surface area (Å²) in [5.74, 6) is 2.45. The minimum Gasteiger partial charge on any atom is -0.326 e. The third-order valence-electron chi connectivity index (χ3n) is 3.51. The van der Waals surface area contributed by atoms with Gasteiger partial charge in [0, 0.05) is 41.2 Å². The summed E-state index contributed by atoms with van der Waals surface area (Å²) in [6, 6.07) is 9.16. The van der Waals surface area contributed by atoms with Crippen LogP contribution in [0.1, 0.15) is 24.9 Å². The van der Waals surface area contributed by atoms with E-state index in [1.165, 1.54) is 17.1 Å². The highest BCUT2D eigenvalue weighted by Crippen LogP contribution is 2.29. The van der Waals surface area contributed by atoms with E-state index in [4.69, 9.17) is 5.73 Å². The van der Waals surface area contributed by atoms with E-state index in [1.807, 2.05) is 11.8 Å². The van der Waals surface area contributed by atoms with Gasteiger partial charge in [0.1, 0.15) is 0 Å². The molecule has 0 aliphatic carbocycles. The van der Waals surface area contributed by atoms with Crippen molar-refractivity contribution in [2.75, 3.05) is 24.6 Å². The first-order valence-corrected chi connectivity index (χ1v) is 8.50. The summed E-state index contributed by atoms with van der Waals surface area (Å²) in [6.07, 6.45) is 1.01. The topological polar surface area (TPSA) is 29.3 Å². The van der Waals surface area contributed by atoms with Crippen molar-refractivity contribution in [3.8, 4) is 0 Å². The minimum absolute atomic E-state index is 0.211. The van der Waals surface area contributed by atoms with Crippen molar-refractivity contribution in [3.63, 3.8) is 0 Å². The maximum absolute atomic E-state index is 6.37. The Balaban J connectivity index is 2.23. The number of hydrogen-bond acceptors (Lipinski definition) is 3. The van der Waals surface area contributed by atoms with E-state index >= 15 is 0 Å². The van der Waals surface area contributed by atoms with Crippen LogP contribution in [0.3, 0.4) is 0 Å². The molecule has 4 heteroatoms. The SMILES string of the molecule is CCC(N)C(c1cccc(Br)c1)N1CCSCC1. The number of nitrogens with two attached hydrogens (primary N) is 1. The fourth-order valence-electron chi connectivity index (χ4n) is 2.50. The second-order valence-corrected chi connectivity index (χ2v) is 6.86. The summed E-state index contributed by atoms with van der Waals surface area (Å²) < 4.78 is 1.14. The number of rotatable bonds is 4. The third kappa shape index (κ3) is 3.50. The van der Waals surface area contributed by atoms with Crippen LogP contribution in [-0.2, 0) is 0 Å². The predicted molar refractivity (Wildman–Crippen MR) is 84.0 cm³/mol. The minimum atomic E-state index is 0.211. The van der Waals surface area contributed by atoms with E-state index in [2.05, 4.69) is 52.0 Å². The highest BCUT2D eigenvalue weighted by molar-refractivity contribution is 9.10. The molecule has 2 rings (SSSR count). The van der Waals surface area contributed by atoms with E-state index in [-0.39, 0.29) is 6.04 Å². The molecule has 1 aliphatic rings. The number of hydrogen-bond donors (Lipinski definition) is 1. The average Bonchev–Trinajstić information content (AvgIpc) is 2.40. The van der Waals surface area contributed by atoms with E-state index < -0.39 is 0 Å². The first-order valence-electron chi connectivity index (χ1n) is 6.55. The molecule has 1 saturated heterocycles. The first kappa shape index (κ1) is 14.4. The molecule has 1 aromatic rings. The summed E-state index contributed by atoms with van der Waals surface area (Å²) >= 11 is 5.60. The zero-order chi connectivity index (χ0) is 13.0. The van der Waals surface area contributed by atoms with E-state index in [0.29, 0.717) is 6.04 Å². The van der Waals surface area contributed by atoms with Crippen molar-refractivity contribution < 1.29 is 0 Å². The quantitative estimate of drug-likeness (QED) is 0.919. The fraction of sp³-hybridized carbons (Fsp3) is 0.571. The molecule has 1 fully saturated rings. The molecule has 18 heavy (non-hydrogen) atoms. The molecule has 0 aromatic heterocycles. The largest absolute Gasteiger partial charge is 0.326 e. The number of benzene rings is 1. The summed E-state index contributed by atoms with van der Waals surface area (Å²) in [6.45, 7) is 4.47. The molecule has 0 spiro atoms. The summed E-state index contributed by atoms with van der Waals surface area (Å²) in [4.78, 5) is 2.55. The van der Waals surface area contributed by atoms with Gasteiger partial charge in [-0.25, -0.2) is 0 Å². The Labute approximate surface area is 122 Å². The van der Waals surface area contributed by atoms with Gasteiger partial charge in [-0.15, -0.1) is 0 Å².